The summed E-state index contributed by atoms with van der Waals surface area (Å²) in [6.07, 6.45) is 5.17. The molecule has 1 saturated heterocycles. The van der Waals surface area contributed by atoms with Crippen molar-refractivity contribution in [3.05, 3.63) is 52.1 Å². The number of hydrogen-bond acceptors (Lipinski definition) is 7. The van der Waals surface area contributed by atoms with Gasteiger partial charge in [-0.15, -0.1) is 0 Å². The predicted molar refractivity (Wildman–Crippen MR) is 104 cm³/mol. The summed E-state index contributed by atoms with van der Waals surface area (Å²) in [6.45, 7) is 0.850. The normalized spacial score (nSPS) is 33.0. The minimum absolute atomic E-state index is 0.0633. The third-order valence-electron chi connectivity index (χ3n) is 7.17. The van der Waals surface area contributed by atoms with Gasteiger partial charge in [0.15, 0.2) is 12.4 Å². The number of imide groups is 1. The molecule has 3 fully saturated rings. The lowest BCUT2D eigenvalue weighted by Crippen LogP contribution is -2.45. The van der Waals surface area contributed by atoms with E-state index in [1.54, 1.807) is 0 Å². The van der Waals surface area contributed by atoms with Crippen molar-refractivity contribution in [2.75, 3.05) is 6.61 Å². The van der Waals surface area contributed by atoms with Gasteiger partial charge in [0.1, 0.15) is 6.04 Å². The molecule has 0 N–H and O–H groups in total. The molecule has 2 amide bonds. The average Bonchev–Trinajstić information content (AvgIpc) is 3.55. The molecule has 2 bridgehead atoms. The second-order valence-electron chi connectivity index (χ2n) is 8.71. The Balaban J connectivity index is 1.23. The number of rotatable bonds is 6. The number of esters is 1. The maximum atomic E-state index is 13.0. The Hall–Kier alpha value is -3.36. The van der Waals surface area contributed by atoms with Crippen LogP contribution in [0.25, 0.3) is 0 Å². The van der Waals surface area contributed by atoms with Gasteiger partial charge in [-0.2, -0.15) is 0 Å². The van der Waals surface area contributed by atoms with Crippen molar-refractivity contribution in [3.63, 3.8) is 0 Å². The molecule has 1 heterocycles. The average molecular weight is 424 g/mol. The van der Waals surface area contributed by atoms with Crippen LogP contribution in [0.3, 0.4) is 0 Å². The standard InChI is InChI=1S/C22H20N2O7/c1-10(22(28)31-9-17(25)11-2-4-12(5-3-11)24(29)30)23-20(26)18-13-6-7-14(16-8-15(13)16)19(18)21(23)27/h2-7,10,13-16,18-19H,8-9H2,1H3/t10-,13-,14-,15-,16-,18-,19+/m1/s1. The number of hydrogen-bond donors (Lipinski definition) is 0. The lowest BCUT2D eigenvalue weighted by atomic mass is 9.63. The molecular weight excluding hydrogens is 404 g/mol. The van der Waals surface area contributed by atoms with Crippen LogP contribution in [0.2, 0.25) is 0 Å². The highest BCUT2D eigenvalue weighted by molar-refractivity contribution is 6.09. The van der Waals surface area contributed by atoms with Crippen molar-refractivity contribution >= 4 is 29.3 Å². The number of nitro groups is 1. The second kappa shape index (κ2) is 6.83. The van der Waals surface area contributed by atoms with Crippen molar-refractivity contribution in [2.24, 2.45) is 35.5 Å². The molecule has 1 aliphatic heterocycles. The maximum Gasteiger partial charge on any atom is 0.329 e. The van der Waals surface area contributed by atoms with Crippen LogP contribution < -0.4 is 0 Å². The first kappa shape index (κ1) is 19.6. The fraction of sp³-hybridized carbons (Fsp3) is 0.455. The molecule has 4 aliphatic carbocycles. The molecule has 9 heteroatoms. The van der Waals surface area contributed by atoms with Gasteiger partial charge in [0.05, 0.1) is 16.8 Å². The number of Topliss-reactive ketones (excluding diaryl/α,β-unsaturated/α-hetero) is 1. The molecule has 6 rings (SSSR count). The number of ether oxygens (including phenoxy) is 1. The molecule has 31 heavy (non-hydrogen) atoms. The SMILES string of the molecule is C[C@H](C(=O)OCC(=O)c1ccc([N+](=O)[O-])cc1)N1C(=O)[C@@H]2[C@@H]3C=C[C@H]([C@H]4C[C@H]34)[C@@H]2C1=O. The number of nitro benzene ring substituents is 1. The van der Waals surface area contributed by atoms with E-state index >= 15 is 0 Å². The summed E-state index contributed by atoms with van der Waals surface area (Å²) in [7, 11) is 0. The minimum atomic E-state index is -1.12. The number of nitrogens with zero attached hydrogens (tertiary/aromatic N) is 2. The first-order chi connectivity index (χ1) is 14.8. The van der Waals surface area contributed by atoms with Crippen LogP contribution in [-0.4, -0.2) is 46.0 Å². The third-order valence-corrected chi connectivity index (χ3v) is 7.17. The molecule has 1 aromatic carbocycles. The van der Waals surface area contributed by atoms with Crippen LogP contribution >= 0.6 is 0 Å². The molecule has 9 nitrogen and oxygen atoms in total. The van der Waals surface area contributed by atoms with Gasteiger partial charge in [0.25, 0.3) is 5.69 Å². The molecule has 5 aliphatic rings. The van der Waals surface area contributed by atoms with Gasteiger partial charge in [-0.05, 0) is 49.1 Å². The zero-order valence-corrected chi connectivity index (χ0v) is 16.7. The number of non-ortho nitro benzene ring substituents is 1. The molecule has 0 unspecified atom stereocenters. The van der Waals surface area contributed by atoms with Crippen molar-refractivity contribution < 1.29 is 28.8 Å². The van der Waals surface area contributed by atoms with Crippen LogP contribution in [0.5, 0.6) is 0 Å². The number of allylic oxidation sites excluding steroid dienone is 2. The molecule has 0 spiro atoms. The molecule has 1 aromatic rings. The summed E-state index contributed by atoms with van der Waals surface area (Å²) < 4.78 is 5.08. The lowest BCUT2D eigenvalue weighted by Gasteiger charge is -2.37. The second-order valence-corrected chi connectivity index (χ2v) is 8.71. The van der Waals surface area contributed by atoms with Crippen molar-refractivity contribution in [2.45, 2.75) is 19.4 Å². The Morgan fingerprint density at radius 1 is 1.10 bits per heavy atom. The molecular formula is C22H20N2O7. The van der Waals surface area contributed by atoms with Gasteiger partial charge < -0.3 is 4.74 Å². The number of carbonyl (C=O) groups is 4. The summed E-state index contributed by atoms with van der Waals surface area (Å²) in [4.78, 5) is 62.0. The van der Waals surface area contributed by atoms with Crippen LogP contribution in [0, 0.1) is 45.6 Å². The van der Waals surface area contributed by atoms with Crippen LogP contribution in [0.15, 0.2) is 36.4 Å². The van der Waals surface area contributed by atoms with E-state index in [4.69, 9.17) is 4.74 Å². The zero-order valence-electron chi connectivity index (χ0n) is 16.7. The molecule has 0 aromatic heterocycles. The number of ketones is 1. The Labute approximate surface area is 177 Å². The van der Waals surface area contributed by atoms with E-state index < -0.39 is 41.2 Å². The van der Waals surface area contributed by atoms with E-state index in [1.165, 1.54) is 31.2 Å². The highest BCUT2D eigenvalue weighted by atomic mass is 16.6. The first-order valence-corrected chi connectivity index (χ1v) is 10.3. The Bertz CT molecular complexity index is 1010. The van der Waals surface area contributed by atoms with Crippen molar-refractivity contribution in [1.29, 1.82) is 0 Å². The highest BCUT2D eigenvalue weighted by Gasteiger charge is 2.67. The Morgan fingerprint density at radius 3 is 2.16 bits per heavy atom. The largest absolute Gasteiger partial charge is 0.456 e. The van der Waals surface area contributed by atoms with E-state index in [-0.39, 0.29) is 34.9 Å². The van der Waals surface area contributed by atoms with E-state index in [2.05, 4.69) is 12.2 Å². The van der Waals surface area contributed by atoms with Gasteiger partial charge in [-0.1, -0.05) is 12.2 Å². The summed E-state index contributed by atoms with van der Waals surface area (Å²) in [5.41, 5.74) is 0.00283. The van der Waals surface area contributed by atoms with Crippen LogP contribution in [0.4, 0.5) is 5.69 Å². The van der Waals surface area contributed by atoms with Crippen LogP contribution in [-0.2, 0) is 19.1 Å². The molecule has 7 atom stereocenters. The van der Waals surface area contributed by atoms with Gasteiger partial charge in [0.2, 0.25) is 11.8 Å². The van der Waals surface area contributed by atoms with E-state index in [1.807, 2.05) is 0 Å². The van der Waals surface area contributed by atoms with Crippen molar-refractivity contribution in [3.8, 4) is 0 Å². The van der Waals surface area contributed by atoms with Gasteiger partial charge in [-0.25, -0.2) is 4.79 Å². The number of amides is 2. The molecule has 160 valence electrons. The first-order valence-electron chi connectivity index (χ1n) is 10.3. The van der Waals surface area contributed by atoms with E-state index in [0.29, 0.717) is 11.8 Å². The lowest BCUT2D eigenvalue weighted by molar-refractivity contribution is -0.384. The predicted octanol–water partition coefficient (Wildman–Crippen LogP) is 1.76. The minimum Gasteiger partial charge on any atom is -0.456 e. The fourth-order valence-corrected chi connectivity index (χ4v) is 5.58. The highest BCUT2D eigenvalue weighted by Crippen LogP contribution is 2.65. The number of likely N-dealkylation sites (tertiary alicyclic amines) is 1. The summed E-state index contributed by atoms with van der Waals surface area (Å²) >= 11 is 0. The van der Waals surface area contributed by atoms with Crippen molar-refractivity contribution in [1.82, 2.24) is 4.90 Å². The van der Waals surface area contributed by atoms with Gasteiger partial charge >= 0.3 is 5.97 Å². The smallest absolute Gasteiger partial charge is 0.329 e. The maximum absolute atomic E-state index is 13.0. The van der Waals surface area contributed by atoms with E-state index in [0.717, 1.165) is 11.3 Å². The Morgan fingerprint density at radius 2 is 1.65 bits per heavy atom. The molecule has 2 saturated carbocycles. The third kappa shape index (κ3) is 2.90. The summed E-state index contributed by atoms with van der Waals surface area (Å²) in [6, 6.07) is 3.82. The summed E-state index contributed by atoms with van der Waals surface area (Å²) in [5, 5.41) is 10.7. The van der Waals surface area contributed by atoms with Gasteiger partial charge in [-0.3, -0.25) is 29.4 Å². The monoisotopic (exact) mass is 424 g/mol. The van der Waals surface area contributed by atoms with E-state index in [9.17, 15) is 29.3 Å². The fourth-order valence-electron chi connectivity index (χ4n) is 5.58. The number of benzene rings is 1. The number of carbonyl (C=O) groups excluding carboxylic acids is 4. The molecule has 0 radical (unpaired) electrons. The Kier molecular flexibility index (Phi) is 4.32. The van der Waals surface area contributed by atoms with Crippen LogP contribution in [0.1, 0.15) is 23.7 Å². The summed E-state index contributed by atoms with van der Waals surface area (Å²) in [5.74, 6) is -1.76. The van der Waals surface area contributed by atoms with Gasteiger partial charge in [0, 0.05) is 17.7 Å². The zero-order chi connectivity index (χ0) is 22.0. The topological polar surface area (TPSA) is 124 Å². The quantitative estimate of drug-likeness (QED) is 0.170.